The quantitative estimate of drug-likeness (QED) is 0.557. The molecule has 3 rings (SSSR count). The van der Waals surface area contributed by atoms with Gasteiger partial charge in [-0.1, -0.05) is 6.92 Å². The molecule has 1 amide bonds. The molecule has 0 aromatic heterocycles. The molecule has 0 spiro atoms. The van der Waals surface area contributed by atoms with Gasteiger partial charge in [-0.2, -0.15) is 0 Å². The highest BCUT2D eigenvalue weighted by Crippen LogP contribution is 2.49. The SMILES string of the molecule is CCNC(=NCC(C1CC1)C1CC1)NC1CCN(C(=O)CC)C1. The molecule has 0 aromatic carbocycles. The van der Waals surface area contributed by atoms with Crippen molar-refractivity contribution in [1.29, 1.82) is 0 Å². The number of likely N-dealkylation sites (tertiary alicyclic amines) is 1. The van der Waals surface area contributed by atoms with Gasteiger partial charge in [0.25, 0.3) is 0 Å². The van der Waals surface area contributed by atoms with E-state index in [1.807, 2.05) is 11.8 Å². The molecule has 1 atom stereocenters. The number of nitrogens with one attached hydrogen (secondary N) is 2. The third-order valence-electron chi connectivity index (χ3n) is 5.44. The van der Waals surface area contributed by atoms with E-state index >= 15 is 0 Å². The summed E-state index contributed by atoms with van der Waals surface area (Å²) in [5.74, 6) is 3.90. The normalized spacial score (nSPS) is 25.1. The van der Waals surface area contributed by atoms with Crippen molar-refractivity contribution in [3.05, 3.63) is 0 Å². The maximum absolute atomic E-state index is 11.8. The number of carbonyl (C=O) groups is 1. The molecule has 130 valence electrons. The average Bonchev–Trinajstić information content (AvgIpc) is 3.47. The molecule has 1 aliphatic heterocycles. The van der Waals surface area contributed by atoms with Crippen LogP contribution in [-0.2, 0) is 4.79 Å². The van der Waals surface area contributed by atoms with E-state index in [1.54, 1.807) is 0 Å². The molecule has 2 saturated carbocycles. The van der Waals surface area contributed by atoms with E-state index in [1.165, 1.54) is 25.7 Å². The minimum absolute atomic E-state index is 0.263. The van der Waals surface area contributed by atoms with Crippen molar-refractivity contribution in [3.63, 3.8) is 0 Å². The van der Waals surface area contributed by atoms with Gasteiger partial charge in [-0.05, 0) is 56.8 Å². The highest BCUT2D eigenvalue weighted by Gasteiger charge is 2.41. The summed E-state index contributed by atoms with van der Waals surface area (Å²) in [6.07, 6.45) is 7.28. The first kappa shape index (κ1) is 16.6. The van der Waals surface area contributed by atoms with Gasteiger partial charge in [0, 0.05) is 38.6 Å². The summed E-state index contributed by atoms with van der Waals surface area (Å²) in [6.45, 7) is 7.58. The fraction of sp³-hybridized carbons (Fsp3) is 0.889. The Morgan fingerprint density at radius 2 is 1.87 bits per heavy atom. The standard InChI is InChI=1S/C18H32N4O/c1-3-17(23)22-10-9-15(12-22)21-18(19-4-2)20-11-16(13-5-6-13)14-7-8-14/h13-16H,3-12H2,1-2H3,(H2,19,20,21). The lowest BCUT2D eigenvalue weighted by Gasteiger charge is -2.20. The first-order valence-electron chi connectivity index (χ1n) is 9.53. The summed E-state index contributed by atoms with van der Waals surface area (Å²) in [7, 11) is 0. The molecule has 0 radical (unpaired) electrons. The first-order chi connectivity index (χ1) is 11.2. The summed E-state index contributed by atoms with van der Waals surface area (Å²) >= 11 is 0. The minimum Gasteiger partial charge on any atom is -0.357 e. The predicted octanol–water partition coefficient (Wildman–Crippen LogP) is 1.99. The Morgan fingerprint density at radius 3 is 2.43 bits per heavy atom. The molecule has 0 bridgehead atoms. The van der Waals surface area contributed by atoms with Crippen LogP contribution in [0.5, 0.6) is 0 Å². The van der Waals surface area contributed by atoms with Gasteiger partial charge in [0.15, 0.2) is 5.96 Å². The number of hydrogen-bond acceptors (Lipinski definition) is 2. The fourth-order valence-corrected chi connectivity index (χ4v) is 3.77. The first-order valence-corrected chi connectivity index (χ1v) is 9.53. The Hall–Kier alpha value is -1.26. The van der Waals surface area contributed by atoms with Gasteiger partial charge >= 0.3 is 0 Å². The molecule has 1 unspecified atom stereocenters. The molecular weight excluding hydrogens is 288 g/mol. The maximum atomic E-state index is 11.8. The van der Waals surface area contributed by atoms with Crippen LogP contribution in [0, 0.1) is 17.8 Å². The smallest absolute Gasteiger partial charge is 0.222 e. The molecule has 1 saturated heterocycles. The van der Waals surface area contributed by atoms with Gasteiger partial charge in [-0.25, -0.2) is 0 Å². The number of rotatable bonds is 7. The van der Waals surface area contributed by atoms with E-state index in [-0.39, 0.29) is 5.91 Å². The third kappa shape index (κ3) is 4.61. The van der Waals surface area contributed by atoms with Gasteiger partial charge in [0.2, 0.25) is 5.91 Å². The molecule has 3 fully saturated rings. The lowest BCUT2D eigenvalue weighted by Crippen LogP contribution is -2.45. The Labute approximate surface area is 140 Å². The van der Waals surface area contributed by atoms with Crippen molar-refractivity contribution in [1.82, 2.24) is 15.5 Å². The maximum Gasteiger partial charge on any atom is 0.222 e. The van der Waals surface area contributed by atoms with Crippen LogP contribution < -0.4 is 10.6 Å². The van der Waals surface area contributed by atoms with Crippen LogP contribution in [0.2, 0.25) is 0 Å². The molecule has 5 nitrogen and oxygen atoms in total. The summed E-state index contributed by atoms with van der Waals surface area (Å²) in [5.41, 5.74) is 0. The van der Waals surface area contributed by atoms with Crippen LogP contribution in [0.25, 0.3) is 0 Å². The minimum atomic E-state index is 0.263. The van der Waals surface area contributed by atoms with Gasteiger partial charge in [-0.3, -0.25) is 9.79 Å². The molecular formula is C18H32N4O. The van der Waals surface area contributed by atoms with Crippen molar-refractivity contribution in [3.8, 4) is 0 Å². The lowest BCUT2D eigenvalue weighted by molar-refractivity contribution is -0.129. The topological polar surface area (TPSA) is 56.7 Å². The Morgan fingerprint density at radius 1 is 1.17 bits per heavy atom. The predicted molar refractivity (Wildman–Crippen MR) is 93.3 cm³/mol. The van der Waals surface area contributed by atoms with E-state index in [4.69, 9.17) is 4.99 Å². The fourth-order valence-electron chi connectivity index (χ4n) is 3.77. The molecule has 23 heavy (non-hydrogen) atoms. The Kier molecular flexibility index (Phi) is 5.44. The van der Waals surface area contributed by atoms with E-state index in [0.717, 1.165) is 56.3 Å². The van der Waals surface area contributed by atoms with E-state index in [2.05, 4.69) is 17.6 Å². The second-order valence-corrected chi connectivity index (χ2v) is 7.38. The average molecular weight is 320 g/mol. The Bertz CT molecular complexity index is 430. The van der Waals surface area contributed by atoms with Gasteiger partial charge in [-0.15, -0.1) is 0 Å². The zero-order valence-corrected chi connectivity index (χ0v) is 14.7. The van der Waals surface area contributed by atoms with Crippen molar-refractivity contribution < 1.29 is 4.79 Å². The van der Waals surface area contributed by atoms with Gasteiger partial charge < -0.3 is 15.5 Å². The van der Waals surface area contributed by atoms with Crippen molar-refractivity contribution in [2.45, 2.75) is 58.4 Å². The molecule has 5 heteroatoms. The monoisotopic (exact) mass is 320 g/mol. The summed E-state index contributed by atoms with van der Waals surface area (Å²) in [4.78, 5) is 18.7. The van der Waals surface area contributed by atoms with Crippen LogP contribution in [0.15, 0.2) is 4.99 Å². The summed E-state index contributed by atoms with van der Waals surface area (Å²) in [5, 5.41) is 6.92. The number of carbonyl (C=O) groups excluding carboxylic acids is 1. The van der Waals surface area contributed by atoms with Crippen molar-refractivity contribution in [2.24, 2.45) is 22.7 Å². The molecule has 3 aliphatic rings. The molecule has 1 heterocycles. The van der Waals surface area contributed by atoms with E-state index < -0.39 is 0 Å². The van der Waals surface area contributed by atoms with Crippen LogP contribution in [0.1, 0.15) is 52.4 Å². The second kappa shape index (κ2) is 7.54. The molecule has 2 N–H and O–H groups in total. The highest BCUT2D eigenvalue weighted by molar-refractivity contribution is 5.80. The van der Waals surface area contributed by atoms with Crippen LogP contribution in [0.4, 0.5) is 0 Å². The number of nitrogens with zero attached hydrogens (tertiary/aromatic N) is 2. The number of guanidine groups is 1. The third-order valence-corrected chi connectivity index (χ3v) is 5.44. The molecule has 2 aliphatic carbocycles. The van der Waals surface area contributed by atoms with E-state index in [0.29, 0.717) is 12.5 Å². The van der Waals surface area contributed by atoms with Crippen LogP contribution >= 0.6 is 0 Å². The summed E-state index contributed by atoms with van der Waals surface area (Å²) in [6, 6.07) is 0.337. The van der Waals surface area contributed by atoms with Gasteiger partial charge in [0.1, 0.15) is 0 Å². The van der Waals surface area contributed by atoms with Crippen LogP contribution in [0.3, 0.4) is 0 Å². The largest absolute Gasteiger partial charge is 0.357 e. The summed E-state index contributed by atoms with van der Waals surface area (Å²) < 4.78 is 0. The van der Waals surface area contributed by atoms with Crippen molar-refractivity contribution in [2.75, 3.05) is 26.2 Å². The van der Waals surface area contributed by atoms with Gasteiger partial charge in [0.05, 0.1) is 0 Å². The zero-order valence-electron chi connectivity index (χ0n) is 14.7. The van der Waals surface area contributed by atoms with Crippen molar-refractivity contribution >= 4 is 11.9 Å². The number of hydrogen-bond donors (Lipinski definition) is 2. The number of aliphatic imine (C=N–C) groups is 1. The zero-order chi connectivity index (χ0) is 16.2. The Balaban J connectivity index is 1.51. The number of amides is 1. The van der Waals surface area contributed by atoms with Crippen LogP contribution in [-0.4, -0.2) is 49.0 Å². The molecule has 0 aromatic rings. The lowest BCUT2D eigenvalue weighted by atomic mass is 9.98. The second-order valence-electron chi connectivity index (χ2n) is 7.38. The van der Waals surface area contributed by atoms with E-state index in [9.17, 15) is 4.79 Å². The highest BCUT2D eigenvalue weighted by atomic mass is 16.2.